The highest BCUT2D eigenvalue weighted by Crippen LogP contribution is 2.41. The highest BCUT2D eigenvalue weighted by atomic mass is 28.3. The second-order valence-corrected chi connectivity index (χ2v) is 13.3. The van der Waals surface area contributed by atoms with Gasteiger partial charge >= 0.3 is 0 Å². The summed E-state index contributed by atoms with van der Waals surface area (Å²) >= 11 is 0. The van der Waals surface area contributed by atoms with Gasteiger partial charge in [0.2, 0.25) is 0 Å². The minimum atomic E-state index is -1.17. The molecule has 2 heteroatoms. The van der Waals surface area contributed by atoms with Crippen molar-refractivity contribution in [2.45, 2.75) is 64.3 Å². The average molecular weight is 327 g/mol. The van der Waals surface area contributed by atoms with Crippen molar-refractivity contribution >= 4 is 13.6 Å². The summed E-state index contributed by atoms with van der Waals surface area (Å²) in [5.41, 5.74) is 8.00. The molecule has 1 aromatic carbocycles. The molecule has 124 valence electrons. The van der Waals surface area contributed by atoms with Crippen LogP contribution < -0.4 is 0 Å². The van der Waals surface area contributed by atoms with E-state index < -0.39 is 8.07 Å². The van der Waals surface area contributed by atoms with Crippen molar-refractivity contribution in [1.82, 2.24) is 0 Å². The summed E-state index contributed by atoms with van der Waals surface area (Å²) < 4.78 is 0. The molecule has 0 spiro atoms. The molecule has 0 amide bonds. The van der Waals surface area contributed by atoms with Gasteiger partial charge in [-0.1, -0.05) is 67.7 Å². The van der Waals surface area contributed by atoms with E-state index in [2.05, 4.69) is 55.7 Å². The first-order valence-electron chi connectivity index (χ1n) is 9.14. The van der Waals surface area contributed by atoms with Crippen molar-refractivity contribution in [3.8, 4) is 0 Å². The Labute approximate surface area is 142 Å². The Morgan fingerprint density at radius 1 is 1.04 bits per heavy atom. The van der Waals surface area contributed by atoms with Crippen LogP contribution in [0, 0.1) is 5.92 Å². The van der Waals surface area contributed by atoms with Gasteiger partial charge in [-0.05, 0) is 54.7 Å². The van der Waals surface area contributed by atoms with E-state index in [1.54, 1.807) is 0 Å². The lowest BCUT2D eigenvalue weighted by Gasteiger charge is -2.32. The fourth-order valence-corrected chi connectivity index (χ4v) is 4.80. The predicted octanol–water partition coefficient (Wildman–Crippen LogP) is 5.37. The lowest BCUT2D eigenvalue weighted by atomic mass is 9.75. The minimum Gasteiger partial charge on any atom is -0.388 e. The van der Waals surface area contributed by atoms with E-state index >= 15 is 0 Å². The van der Waals surface area contributed by atoms with Crippen LogP contribution in [0.2, 0.25) is 19.6 Å². The smallest absolute Gasteiger partial charge is 0.0798 e. The molecular weight excluding hydrogens is 296 g/mol. The SMILES string of the molecule is C[Si](C)(C)/C=C/C1CCCC/C1=C1/c2ccccc2CCC1O. The molecule has 2 unspecified atom stereocenters. The van der Waals surface area contributed by atoms with E-state index in [-0.39, 0.29) is 6.10 Å². The third-order valence-corrected chi connectivity index (χ3v) is 6.35. The molecule has 23 heavy (non-hydrogen) atoms. The Morgan fingerprint density at radius 3 is 2.61 bits per heavy atom. The topological polar surface area (TPSA) is 20.2 Å². The fraction of sp³-hybridized carbons (Fsp3) is 0.524. The summed E-state index contributed by atoms with van der Waals surface area (Å²) in [4.78, 5) is 0. The van der Waals surface area contributed by atoms with Gasteiger partial charge in [-0.2, -0.15) is 0 Å². The minimum absolute atomic E-state index is 0.277. The zero-order valence-corrected chi connectivity index (χ0v) is 15.8. The highest BCUT2D eigenvalue weighted by molar-refractivity contribution is 6.80. The number of hydrogen-bond donors (Lipinski definition) is 1. The normalized spacial score (nSPS) is 28.9. The molecule has 0 radical (unpaired) electrons. The van der Waals surface area contributed by atoms with Crippen LogP contribution in [-0.2, 0) is 6.42 Å². The number of aryl methyl sites for hydroxylation is 1. The number of fused-ring (bicyclic) bond motifs is 1. The highest BCUT2D eigenvalue weighted by Gasteiger charge is 2.29. The molecule has 0 saturated heterocycles. The lowest BCUT2D eigenvalue weighted by molar-refractivity contribution is 0.216. The van der Waals surface area contributed by atoms with Gasteiger partial charge in [0.25, 0.3) is 0 Å². The van der Waals surface area contributed by atoms with Crippen LogP contribution in [0.5, 0.6) is 0 Å². The van der Waals surface area contributed by atoms with Crippen LogP contribution in [0.3, 0.4) is 0 Å². The van der Waals surface area contributed by atoms with Crippen LogP contribution in [0.1, 0.15) is 43.2 Å². The Kier molecular flexibility index (Phi) is 4.93. The first kappa shape index (κ1) is 16.7. The van der Waals surface area contributed by atoms with Crippen molar-refractivity contribution in [3.05, 3.63) is 52.7 Å². The van der Waals surface area contributed by atoms with Crippen LogP contribution in [-0.4, -0.2) is 19.3 Å². The van der Waals surface area contributed by atoms with Gasteiger partial charge in [-0.15, -0.1) is 0 Å². The van der Waals surface area contributed by atoms with Crippen molar-refractivity contribution in [1.29, 1.82) is 0 Å². The molecule has 1 nitrogen and oxygen atoms in total. The Balaban J connectivity index is 2.04. The van der Waals surface area contributed by atoms with E-state index in [1.807, 2.05) is 0 Å². The van der Waals surface area contributed by atoms with Crippen molar-refractivity contribution < 1.29 is 5.11 Å². The van der Waals surface area contributed by atoms with E-state index in [9.17, 15) is 5.11 Å². The van der Waals surface area contributed by atoms with Crippen LogP contribution in [0.4, 0.5) is 0 Å². The molecule has 0 heterocycles. The summed E-state index contributed by atoms with van der Waals surface area (Å²) in [5, 5.41) is 10.7. The molecule has 2 aliphatic rings. The van der Waals surface area contributed by atoms with E-state index in [0.717, 1.165) is 19.3 Å². The lowest BCUT2D eigenvalue weighted by Crippen LogP contribution is -2.23. The van der Waals surface area contributed by atoms with Crippen LogP contribution in [0.15, 0.2) is 41.6 Å². The first-order chi connectivity index (χ1) is 11.0. The molecule has 1 fully saturated rings. The molecular formula is C21H30OSi. The van der Waals surface area contributed by atoms with Crippen molar-refractivity contribution in [3.63, 3.8) is 0 Å². The van der Waals surface area contributed by atoms with Gasteiger partial charge in [0, 0.05) is 0 Å². The third kappa shape index (κ3) is 3.86. The monoisotopic (exact) mass is 326 g/mol. The first-order valence-corrected chi connectivity index (χ1v) is 12.7. The second-order valence-electron chi connectivity index (χ2n) is 8.23. The Morgan fingerprint density at radius 2 is 1.83 bits per heavy atom. The van der Waals surface area contributed by atoms with Gasteiger partial charge in [-0.3, -0.25) is 0 Å². The molecule has 1 aromatic rings. The maximum absolute atomic E-state index is 10.7. The van der Waals surface area contributed by atoms with Gasteiger partial charge in [-0.25, -0.2) is 0 Å². The molecule has 0 aromatic heterocycles. The maximum Gasteiger partial charge on any atom is 0.0798 e. The number of rotatable bonds is 2. The summed E-state index contributed by atoms with van der Waals surface area (Å²) in [6.07, 6.45) is 9.05. The molecule has 1 N–H and O–H groups in total. The quantitative estimate of drug-likeness (QED) is 0.724. The standard InChI is InChI=1S/C21H30OSi/c1-23(2,3)15-14-17-9-5-7-11-19(17)21-18-10-6-4-8-16(18)12-13-20(21)22/h4,6,8,10,14-15,17,20,22H,5,7,9,11-13H2,1-3H3/b15-14+,21-19+. The average Bonchev–Trinajstić information content (AvgIpc) is 2.53. The van der Waals surface area contributed by atoms with Crippen molar-refractivity contribution in [2.75, 3.05) is 0 Å². The summed E-state index contributed by atoms with van der Waals surface area (Å²) in [7, 11) is -1.17. The fourth-order valence-electron chi connectivity index (χ4n) is 4.00. The van der Waals surface area contributed by atoms with E-state index in [0.29, 0.717) is 5.92 Å². The number of allylic oxidation sites excluding steroid dienone is 2. The second kappa shape index (κ2) is 6.78. The van der Waals surface area contributed by atoms with Gasteiger partial charge in [0.1, 0.15) is 0 Å². The van der Waals surface area contributed by atoms with E-state index in [4.69, 9.17) is 0 Å². The van der Waals surface area contributed by atoms with Crippen LogP contribution in [0.25, 0.3) is 5.57 Å². The largest absolute Gasteiger partial charge is 0.388 e. The van der Waals surface area contributed by atoms with Crippen molar-refractivity contribution in [2.24, 2.45) is 5.92 Å². The molecule has 0 aliphatic heterocycles. The van der Waals surface area contributed by atoms with Gasteiger partial charge in [0.05, 0.1) is 14.2 Å². The molecule has 2 atom stereocenters. The number of benzene rings is 1. The van der Waals surface area contributed by atoms with Gasteiger partial charge in [0.15, 0.2) is 0 Å². The zero-order chi connectivity index (χ0) is 16.4. The molecule has 3 rings (SSSR count). The Bertz CT molecular complexity index is 621. The molecule has 1 saturated carbocycles. The van der Waals surface area contributed by atoms with Crippen LogP contribution >= 0.6 is 0 Å². The summed E-state index contributed by atoms with van der Waals surface area (Å²) in [6.45, 7) is 7.18. The maximum atomic E-state index is 10.7. The predicted molar refractivity (Wildman–Crippen MR) is 102 cm³/mol. The van der Waals surface area contributed by atoms with Gasteiger partial charge < -0.3 is 5.11 Å². The van der Waals surface area contributed by atoms with E-state index in [1.165, 1.54) is 41.5 Å². The number of aliphatic hydroxyl groups excluding tert-OH is 1. The molecule has 2 aliphatic carbocycles. The number of aliphatic hydroxyl groups is 1. The Hall–Kier alpha value is -1.12. The zero-order valence-electron chi connectivity index (χ0n) is 14.8. The summed E-state index contributed by atoms with van der Waals surface area (Å²) in [5.74, 6) is 0.534. The summed E-state index contributed by atoms with van der Waals surface area (Å²) in [6, 6.07) is 8.70. The number of hydrogen-bond acceptors (Lipinski definition) is 1. The third-order valence-electron chi connectivity index (χ3n) is 5.16. The molecule has 0 bridgehead atoms.